The van der Waals surface area contributed by atoms with E-state index in [2.05, 4.69) is 5.32 Å². The van der Waals surface area contributed by atoms with E-state index in [9.17, 15) is 9.59 Å². The first-order chi connectivity index (χ1) is 10.1. The highest BCUT2D eigenvalue weighted by molar-refractivity contribution is 6.30. The Morgan fingerprint density at radius 1 is 1.14 bits per heavy atom. The molecule has 1 aromatic carbocycles. The number of esters is 1. The Hall–Kier alpha value is -1.55. The minimum absolute atomic E-state index is 0.0678. The second-order valence-electron chi connectivity index (χ2n) is 5.26. The molecule has 1 aromatic rings. The van der Waals surface area contributed by atoms with Gasteiger partial charge in [0.25, 0.3) is 5.91 Å². The molecule has 114 valence electrons. The van der Waals surface area contributed by atoms with Gasteiger partial charge in [-0.25, -0.2) is 0 Å². The second-order valence-corrected chi connectivity index (χ2v) is 5.70. The van der Waals surface area contributed by atoms with E-state index < -0.39 is 0 Å². The van der Waals surface area contributed by atoms with E-state index in [1.807, 2.05) is 0 Å². The molecule has 0 aliphatic heterocycles. The van der Waals surface area contributed by atoms with E-state index in [-0.39, 0.29) is 30.9 Å². The Kier molecular flexibility index (Phi) is 6.05. The summed E-state index contributed by atoms with van der Waals surface area (Å²) < 4.78 is 5.39. The van der Waals surface area contributed by atoms with Crippen LogP contribution in [0.15, 0.2) is 24.3 Å². The van der Waals surface area contributed by atoms with Crippen LogP contribution < -0.4 is 5.32 Å². The van der Waals surface area contributed by atoms with Crippen LogP contribution in [0.5, 0.6) is 0 Å². The monoisotopic (exact) mass is 309 g/mol. The maximum Gasteiger partial charge on any atom is 0.307 e. The Morgan fingerprint density at radius 2 is 1.81 bits per heavy atom. The first-order valence-electron chi connectivity index (χ1n) is 7.38. The number of nitrogens with one attached hydrogen (secondary N) is 1. The van der Waals surface area contributed by atoms with Crippen LogP contribution in [0.25, 0.3) is 0 Å². The lowest BCUT2D eigenvalue weighted by atomic mass is 9.98. The van der Waals surface area contributed by atoms with Crippen molar-refractivity contribution in [1.29, 1.82) is 0 Å². The van der Waals surface area contributed by atoms with Gasteiger partial charge in [0.05, 0.1) is 6.42 Å². The molecule has 0 aromatic heterocycles. The van der Waals surface area contributed by atoms with Crippen LogP contribution in [-0.2, 0) is 9.53 Å². The maximum atomic E-state index is 11.8. The van der Waals surface area contributed by atoms with Gasteiger partial charge in [-0.2, -0.15) is 0 Å². The van der Waals surface area contributed by atoms with Crippen LogP contribution in [0.3, 0.4) is 0 Å². The molecule has 5 heteroatoms. The number of hydrogen-bond acceptors (Lipinski definition) is 3. The third-order valence-corrected chi connectivity index (χ3v) is 3.82. The lowest BCUT2D eigenvalue weighted by molar-refractivity contribution is -0.150. The Labute approximate surface area is 129 Å². The van der Waals surface area contributed by atoms with E-state index in [0.29, 0.717) is 10.6 Å². The largest absolute Gasteiger partial charge is 0.462 e. The summed E-state index contributed by atoms with van der Waals surface area (Å²) in [6.45, 7) is 0.285. The summed E-state index contributed by atoms with van der Waals surface area (Å²) in [4.78, 5) is 23.5. The van der Waals surface area contributed by atoms with Gasteiger partial charge < -0.3 is 10.1 Å². The topological polar surface area (TPSA) is 55.4 Å². The number of carbonyl (C=O) groups is 2. The van der Waals surface area contributed by atoms with Crippen LogP contribution in [0.2, 0.25) is 5.02 Å². The summed E-state index contributed by atoms with van der Waals surface area (Å²) in [6.07, 6.45) is 5.68. The molecule has 21 heavy (non-hydrogen) atoms. The van der Waals surface area contributed by atoms with E-state index in [4.69, 9.17) is 16.3 Å². The van der Waals surface area contributed by atoms with Gasteiger partial charge in [-0.1, -0.05) is 18.0 Å². The van der Waals surface area contributed by atoms with Gasteiger partial charge in [0.1, 0.15) is 6.10 Å². The van der Waals surface area contributed by atoms with Gasteiger partial charge in [-0.15, -0.1) is 0 Å². The number of ether oxygens (including phenoxy) is 1. The molecule has 0 unspecified atom stereocenters. The van der Waals surface area contributed by atoms with Gasteiger partial charge in [-0.3, -0.25) is 9.59 Å². The molecular weight excluding hydrogens is 290 g/mol. The van der Waals surface area contributed by atoms with Gasteiger partial charge in [0.2, 0.25) is 0 Å². The quantitative estimate of drug-likeness (QED) is 0.849. The highest BCUT2D eigenvalue weighted by atomic mass is 35.5. The van der Waals surface area contributed by atoms with E-state index in [1.54, 1.807) is 24.3 Å². The Balaban J connectivity index is 1.67. The second kappa shape index (κ2) is 8.03. The van der Waals surface area contributed by atoms with E-state index in [1.165, 1.54) is 6.42 Å². The fraction of sp³-hybridized carbons (Fsp3) is 0.500. The standard InChI is InChI=1S/C16H20ClNO3/c17-13-8-6-12(7-9-13)16(20)18-11-10-15(19)21-14-4-2-1-3-5-14/h6-9,14H,1-5,10-11H2,(H,18,20). The lowest BCUT2D eigenvalue weighted by Gasteiger charge is -2.21. The van der Waals surface area contributed by atoms with Gasteiger partial charge in [0.15, 0.2) is 0 Å². The van der Waals surface area contributed by atoms with Crippen molar-refractivity contribution < 1.29 is 14.3 Å². The summed E-state index contributed by atoms with van der Waals surface area (Å²) in [6, 6.07) is 6.62. The number of benzene rings is 1. The molecule has 1 saturated carbocycles. The number of rotatable bonds is 5. The van der Waals surface area contributed by atoms with Crippen LogP contribution in [0, 0.1) is 0 Å². The van der Waals surface area contributed by atoms with Gasteiger partial charge in [0, 0.05) is 17.1 Å². The van der Waals surface area contributed by atoms with Crippen LogP contribution in [0.1, 0.15) is 48.9 Å². The van der Waals surface area contributed by atoms with Crippen molar-refractivity contribution in [3.05, 3.63) is 34.9 Å². The van der Waals surface area contributed by atoms with Crippen LogP contribution in [0.4, 0.5) is 0 Å². The number of hydrogen-bond donors (Lipinski definition) is 1. The average Bonchev–Trinajstić information content (AvgIpc) is 2.49. The normalized spacial score (nSPS) is 15.5. The van der Waals surface area contributed by atoms with Crippen molar-refractivity contribution in [3.8, 4) is 0 Å². The fourth-order valence-electron chi connectivity index (χ4n) is 2.41. The van der Waals surface area contributed by atoms with Crippen molar-refractivity contribution in [1.82, 2.24) is 5.32 Å². The first kappa shape index (κ1) is 15.8. The molecule has 0 saturated heterocycles. The molecule has 0 atom stereocenters. The molecule has 1 aliphatic rings. The average molecular weight is 310 g/mol. The highest BCUT2D eigenvalue weighted by Crippen LogP contribution is 2.20. The predicted molar refractivity (Wildman–Crippen MR) is 81.4 cm³/mol. The van der Waals surface area contributed by atoms with Crippen LogP contribution in [-0.4, -0.2) is 24.5 Å². The predicted octanol–water partition coefficient (Wildman–Crippen LogP) is 3.34. The molecule has 0 bridgehead atoms. The van der Waals surface area contributed by atoms with Crippen LogP contribution >= 0.6 is 11.6 Å². The molecule has 1 aliphatic carbocycles. The smallest absolute Gasteiger partial charge is 0.307 e. The maximum absolute atomic E-state index is 11.8. The third-order valence-electron chi connectivity index (χ3n) is 3.57. The molecule has 1 amide bonds. The van der Waals surface area contributed by atoms with Gasteiger partial charge >= 0.3 is 5.97 Å². The first-order valence-corrected chi connectivity index (χ1v) is 7.76. The minimum Gasteiger partial charge on any atom is -0.462 e. The zero-order valence-electron chi connectivity index (χ0n) is 11.9. The third kappa shape index (κ3) is 5.38. The zero-order chi connectivity index (χ0) is 15.1. The summed E-state index contributed by atoms with van der Waals surface area (Å²) in [5.41, 5.74) is 0.528. The molecule has 0 spiro atoms. The van der Waals surface area contributed by atoms with Crippen molar-refractivity contribution >= 4 is 23.5 Å². The molecule has 1 fully saturated rings. The van der Waals surface area contributed by atoms with E-state index in [0.717, 1.165) is 25.7 Å². The summed E-state index contributed by atoms with van der Waals surface area (Å²) >= 11 is 5.76. The Morgan fingerprint density at radius 3 is 2.48 bits per heavy atom. The molecule has 0 radical (unpaired) electrons. The van der Waals surface area contributed by atoms with Crippen molar-refractivity contribution in [2.75, 3.05) is 6.54 Å². The lowest BCUT2D eigenvalue weighted by Crippen LogP contribution is -2.28. The SMILES string of the molecule is O=C(CCNC(=O)c1ccc(Cl)cc1)OC1CCCCC1. The molecule has 2 rings (SSSR count). The summed E-state index contributed by atoms with van der Waals surface area (Å²) in [5, 5.41) is 3.29. The number of amides is 1. The molecule has 0 heterocycles. The van der Waals surface area contributed by atoms with Crippen molar-refractivity contribution in [2.45, 2.75) is 44.6 Å². The Bertz CT molecular complexity index is 481. The fourth-order valence-corrected chi connectivity index (χ4v) is 2.54. The van der Waals surface area contributed by atoms with Crippen molar-refractivity contribution in [2.24, 2.45) is 0 Å². The number of carbonyl (C=O) groups excluding carboxylic acids is 2. The van der Waals surface area contributed by atoms with E-state index >= 15 is 0 Å². The molecule has 4 nitrogen and oxygen atoms in total. The molecule has 1 N–H and O–H groups in total. The number of halogens is 1. The van der Waals surface area contributed by atoms with Gasteiger partial charge in [-0.05, 0) is 49.9 Å². The zero-order valence-corrected chi connectivity index (χ0v) is 12.7. The summed E-state index contributed by atoms with van der Waals surface area (Å²) in [5.74, 6) is -0.449. The summed E-state index contributed by atoms with van der Waals surface area (Å²) in [7, 11) is 0. The van der Waals surface area contributed by atoms with Crippen molar-refractivity contribution in [3.63, 3.8) is 0 Å². The minimum atomic E-state index is -0.238. The highest BCUT2D eigenvalue weighted by Gasteiger charge is 2.17. The molecular formula is C16H20ClNO3.